The van der Waals surface area contributed by atoms with Crippen LogP contribution in [0.25, 0.3) is 0 Å². The molecule has 1 aromatic rings. The van der Waals surface area contributed by atoms with Crippen LogP contribution in [0.2, 0.25) is 0 Å². The van der Waals surface area contributed by atoms with Crippen LogP contribution in [0.3, 0.4) is 0 Å². The molecule has 0 aromatic heterocycles. The van der Waals surface area contributed by atoms with E-state index in [0.29, 0.717) is 12.1 Å². The van der Waals surface area contributed by atoms with Gasteiger partial charge in [0.2, 0.25) is 0 Å². The molecule has 100 valence electrons. The third-order valence-corrected chi connectivity index (χ3v) is 4.23. The second kappa shape index (κ2) is 6.91. The second-order valence-corrected chi connectivity index (χ2v) is 5.41. The minimum Gasteiger partial charge on any atom is -0.316 e. The van der Waals surface area contributed by atoms with Crippen LogP contribution < -0.4 is 5.32 Å². The van der Waals surface area contributed by atoms with Gasteiger partial charge in [-0.1, -0.05) is 36.8 Å². The Morgan fingerprint density at radius 2 is 2.06 bits per heavy atom. The molecule has 1 saturated heterocycles. The number of benzene rings is 1. The molecule has 0 saturated carbocycles. The fourth-order valence-corrected chi connectivity index (χ4v) is 2.97. The van der Waals surface area contributed by atoms with Gasteiger partial charge in [0.15, 0.2) is 0 Å². The predicted molar refractivity (Wildman–Crippen MR) is 77.9 cm³/mol. The Hall–Kier alpha value is -0.860. The molecular weight excluding hydrogens is 220 g/mol. The second-order valence-electron chi connectivity index (χ2n) is 5.41. The summed E-state index contributed by atoms with van der Waals surface area (Å²) in [6.07, 6.45) is 5.27. The van der Waals surface area contributed by atoms with E-state index in [-0.39, 0.29) is 0 Å². The number of nitrogens with one attached hydrogen (secondary N) is 1. The van der Waals surface area contributed by atoms with Gasteiger partial charge in [-0.15, -0.1) is 0 Å². The first-order chi connectivity index (χ1) is 8.81. The van der Waals surface area contributed by atoms with E-state index in [4.69, 9.17) is 0 Å². The largest absolute Gasteiger partial charge is 0.316 e. The first-order valence-electron chi connectivity index (χ1n) is 7.26. The first-order valence-corrected chi connectivity index (χ1v) is 7.26. The number of likely N-dealkylation sites (tertiary alicyclic amines) is 1. The summed E-state index contributed by atoms with van der Waals surface area (Å²) in [5, 5.41) is 3.42. The molecule has 2 atom stereocenters. The lowest BCUT2D eigenvalue weighted by molar-refractivity contribution is 0.123. The number of nitrogens with zero attached hydrogens (tertiary/aromatic N) is 1. The summed E-state index contributed by atoms with van der Waals surface area (Å²) in [5.41, 5.74) is 1.46. The monoisotopic (exact) mass is 246 g/mol. The SMILES string of the molecule is CNC(C)C1CCCCN1CCc1ccccc1. The zero-order valence-corrected chi connectivity index (χ0v) is 11.7. The Bertz CT molecular complexity index is 336. The van der Waals surface area contributed by atoms with Gasteiger partial charge < -0.3 is 5.32 Å². The Morgan fingerprint density at radius 1 is 1.28 bits per heavy atom. The molecular formula is C16H26N2. The maximum atomic E-state index is 3.42. The standard InChI is InChI=1S/C16H26N2/c1-14(17-2)16-10-6-7-12-18(16)13-11-15-8-4-3-5-9-15/h3-5,8-9,14,16-17H,6-7,10-13H2,1-2H3. The lowest BCUT2D eigenvalue weighted by atomic mass is 9.96. The first kappa shape index (κ1) is 13.6. The van der Waals surface area contributed by atoms with Gasteiger partial charge in [-0.3, -0.25) is 4.90 Å². The van der Waals surface area contributed by atoms with Crippen molar-refractivity contribution in [2.24, 2.45) is 0 Å². The van der Waals surface area contributed by atoms with Crippen molar-refractivity contribution >= 4 is 0 Å². The van der Waals surface area contributed by atoms with E-state index in [1.54, 1.807) is 0 Å². The minimum absolute atomic E-state index is 0.598. The summed E-state index contributed by atoms with van der Waals surface area (Å²) >= 11 is 0. The molecule has 2 nitrogen and oxygen atoms in total. The molecule has 1 aromatic carbocycles. The summed E-state index contributed by atoms with van der Waals surface area (Å²) in [5.74, 6) is 0. The van der Waals surface area contributed by atoms with Gasteiger partial charge in [0.25, 0.3) is 0 Å². The quantitative estimate of drug-likeness (QED) is 0.859. The van der Waals surface area contributed by atoms with E-state index in [2.05, 4.69) is 54.5 Å². The van der Waals surface area contributed by atoms with E-state index >= 15 is 0 Å². The van der Waals surface area contributed by atoms with Crippen molar-refractivity contribution < 1.29 is 0 Å². The molecule has 1 N–H and O–H groups in total. The summed E-state index contributed by atoms with van der Waals surface area (Å²) in [6.45, 7) is 4.77. The molecule has 1 aliphatic rings. The maximum Gasteiger partial charge on any atom is 0.0246 e. The zero-order chi connectivity index (χ0) is 12.8. The van der Waals surface area contributed by atoms with E-state index in [1.165, 1.54) is 44.3 Å². The lowest BCUT2D eigenvalue weighted by Crippen LogP contribution is -2.50. The molecule has 0 radical (unpaired) electrons. The van der Waals surface area contributed by atoms with E-state index < -0.39 is 0 Å². The molecule has 2 unspecified atom stereocenters. The molecule has 0 bridgehead atoms. The van der Waals surface area contributed by atoms with Crippen LogP contribution in [0.4, 0.5) is 0 Å². The summed E-state index contributed by atoms with van der Waals surface area (Å²) in [4.78, 5) is 2.68. The van der Waals surface area contributed by atoms with Crippen LogP contribution in [0, 0.1) is 0 Å². The van der Waals surface area contributed by atoms with Crippen molar-refractivity contribution in [1.29, 1.82) is 0 Å². The van der Waals surface area contributed by atoms with Crippen molar-refractivity contribution in [3.05, 3.63) is 35.9 Å². The van der Waals surface area contributed by atoms with Crippen LogP contribution in [-0.2, 0) is 6.42 Å². The molecule has 0 aliphatic carbocycles. The summed E-state index contributed by atoms with van der Waals surface area (Å²) in [7, 11) is 2.08. The lowest BCUT2D eigenvalue weighted by Gasteiger charge is -2.39. The van der Waals surface area contributed by atoms with Crippen LogP contribution in [0.5, 0.6) is 0 Å². The molecule has 18 heavy (non-hydrogen) atoms. The van der Waals surface area contributed by atoms with Crippen molar-refractivity contribution in [2.75, 3.05) is 20.1 Å². The van der Waals surface area contributed by atoms with Crippen LogP contribution in [-0.4, -0.2) is 37.1 Å². The number of piperidine rings is 1. The fraction of sp³-hybridized carbons (Fsp3) is 0.625. The highest BCUT2D eigenvalue weighted by atomic mass is 15.2. The van der Waals surface area contributed by atoms with Gasteiger partial charge in [0.05, 0.1) is 0 Å². The molecule has 0 spiro atoms. The average Bonchev–Trinajstić information content (AvgIpc) is 2.45. The van der Waals surface area contributed by atoms with Crippen molar-refractivity contribution in [1.82, 2.24) is 10.2 Å². The summed E-state index contributed by atoms with van der Waals surface area (Å²) in [6, 6.07) is 12.2. The van der Waals surface area contributed by atoms with Crippen molar-refractivity contribution in [2.45, 2.75) is 44.7 Å². The van der Waals surface area contributed by atoms with Crippen LogP contribution in [0.1, 0.15) is 31.7 Å². The maximum absolute atomic E-state index is 3.42. The number of hydrogen-bond acceptors (Lipinski definition) is 2. The Kier molecular flexibility index (Phi) is 5.21. The van der Waals surface area contributed by atoms with Gasteiger partial charge in [0, 0.05) is 18.6 Å². The third kappa shape index (κ3) is 3.56. The van der Waals surface area contributed by atoms with E-state index in [9.17, 15) is 0 Å². The highest BCUT2D eigenvalue weighted by molar-refractivity contribution is 5.15. The van der Waals surface area contributed by atoms with Crippen LogP contribution in [0.15, 0.2) is 30.3 Å². The third-order valence-electron chi connectivity index (χ3n) is 4.23. The zero-order valence-electron chi connectivity index (χ0n) is 11.7. The van der Waals surface area contributed by atoms with Crippen molar-refractivity contribution in [3.63, 3.8) is 0 Å². The average molecular weight is 246 g/mol. The van der Waals surface area contributed by atoms with Gasteiger partial charge >= 0.3 is 0 Å². The molecule has 1 heterocycles. The molecule has 2 rings (SSSR count). The van der Waals surface area contributed by atoms with Crippen LogP contribution >= 0.6 is 0 Å². The normalized spacial score (nSPS) is 22.9. The smallest absolute Gasteiger partial charge is 0.0246 e. The molecule has 2 heteroatoms. The highest BCUT2D eigenvalue weighted by Gasteiger charge is 2.25. The fourth-order valence-electron chi connectivity index (χ4n) is 2.97. The number of rotatable bonds is 5. The highest BCUT2D eigenvalue weighted by Crippen LogP contribution is 2.20. The Balaban J connectivity index is 1.89. The minimum atomic E-state index is 0.598. The molecule has 1 fully saturated rings. The predicted octanol–water partition coefficient (Wildman–Crippen LogP) is 2.69. The van der Waals surface area contributed by atoms with E-state index in [1.807, 2.05) is 0 Å². The van der Waals surface area contributed by atoms with Gasteiger partial charge in [-0.05, 0) is 45.3 Å². The van der Waals surface area contributed by atoms with E-state index in [0.717, 1.165) is 0 Å². The number of hydrogen-bond donors (Lipinski definition) is 1. The summed E-state index contributed by atoms with van der Waals surface area (Å²) < 4.78 is 0. The van der Waals surface area contributed by atoms with Crippen molar-refractivity contribution in [3.8, 4) is 0 Å². The molecule has 0 amide bonds. The Morgan fingerprint density at radius 3 is 2.78 bits per heavy atom. The van der Waals surface area contributed by atoms with Gasteiger partial charge in [-0.25, -0.2) is 0 Å². The Labute approximate surface area is 111 Å². The van der Waals surface area contributed by atoms with Gasteiger partial charge in [0.1, 0.15) is 0 Å². The number of likely N-dealkylation sites (N-methyl/N-ethyl adjacent to an activating group) is 1. The molecule has 1 aliphatic heterocycles. The van der Waals surface area contributed by atoms with Gasteiger partial charge in [-0.2, -0.15) is 0 Å². The topological polar surface area (TPSA) is 15.3 Å².